The van der Waals surface area contributed by atoms with Gasteiger partial charge in [-0.2, -0.15) is 0 Å². The second-order valence-corrected chi connectivity index (χ2v) is 8.43. The summed E-state index contributed by atoms with van der Waals surface area (Å²) < 4.78 is 5.50. The third kappa shape index (κ3) is 2.40. The van der Waals surface area contributed by atoms with Crippen molar-refractivity contribution in [3.8, 4) is 5.75 Å². The van der Waals surface area contributed by atoms with Crippen LogP contribution in [0.5, 0.6) is 5.75 Å². The van der Waals surface area contributed by atoms with Crippen LogP contribution in [0.25, 0.3) is 0 Å². The van der Waals surface area contributed by atoms with Crippen LogP contribution in [-0.4, -0.2) is 29.2 Å². The number of aryl methyl sites for hydroxylation is 2. The molecule has 140 valence electrons. The Kier molecular flexibility index (Phi) is 3.58. The van der Waals surface area contributed by atoms with Crippen molar-refractivity contribution in [3.63, 3.8) is 0 Å². The van der Waals surface area contributed by atoms with Gasteiger partial charge in [0.05, 0.1) is 18.3 Å². The van der Waals surface area contributed by atoms with E-state index in [9.17, 15) is 14.4 Å². The fraction of sp³-hybridized carbons (Fsp3) is 0.500. The molecule has 2 bridgehead atoms. The zero-order valence-electron chi connectivity index (χ0n) is 15.6. The van der Waals surface area contributed by atoms with Gasteiger partial charge in [0.2, 0.25) is 11.8 Å². The molecular weight excluding hydrogens is 342 g/mol. The second-order valence-electron chi connectivity index (χ2n) is 8.43. The molecule has 6 atom stereocenters. The van der Waals surface area contributed by atoms with Crippen LogP contribution < -0.4 is 4.74 Å². The van der Waals surface area contributed by atoms with Crippen molar-refractivity contribution in [2.45, 2.75) is 26.7 Å². The van der Waals surface area contributed by atoms with Gasteiger partial charge in [-0.05, 0) is 55.1 Å². The van der Waals surface area contributed by atoms with Gasteiger partial charge in [-0.3, -0.25) is 19.3 Å². The molecule has 2 saturated carbocycles. The third-order valence-corrected chi connectivity index (χ3v) is 6.92. The summed E-state index contributed by atoms with van der Waals surface area (Å²) >= 11 is 0. The maximum absolute atomic E-state index is 12.9. The van der Waals surface area contributed by atoms with E-state index in [2.05, 4.69) is 12.2 Å². The van der Waals surface area contributed by atoms with Gasteiger partial charge >= 0.3 is 5.97 Å². The van der Waals surface area contributed by atoms with Crippen LogP contribution in [-0.2, 0) is 14.4 Å². The first kappa shape index (κ1) is 16.7. The minimum absolute atomic E-state index is 0.0281. The summed E-state index contributed by atoms with van der Waals surface area (Å²) in [4.78, 5) is 39.4. The van der Waals surface area contributed by atoms with Gasteiger partial charge in [0, 0.05) is 6.54 Å². The number of benzene rings is 1. The monoisotopic (exact) mass is 365 g/mol. The fourth-order valence-electron chi connectivity index (χ4n) is 5.57. The summed E-state index contributed by atoms with van der Waals surface area (Å²) in [6, 6.07) is 5.70. The Morgan fingerprint density at radius 2 is 1.59 bits per heavy atom. The molecule has 0 radical (unpaired) electrons. The van der Waals surface area contributed by atoms with Gasteiger partial charge in [0.25, 0.3) is 0 Å². The number of para-hydroxylation sites is 1. The lowest BCUT2D eigenvalue weighted by molar-refractivity contribution is -0.141. The summed E-state index contributed by atoms with van der Waals surface area (Å²) in [6.45, 7) is 3.90. The van der Waals surface area contributed by atoms with Crippen LogP contribution in [0.1, 0.15) is 24.0 Å². The summed E-state index contributed by atoms with van der Waals surface area (Å²) in [5, 5.41) is 0. The molecule has 1 aliphatic heterocycles. The number of rotatable bonds is 4. The minimum Gasteiger partial charge on any atom is -0.426 e. The Balaban J connectivity index is 1.26. The first-order valence-corrected chi connectivity index (χ1v) is 9.78. The fourth-order valence-corrected chi connectivity index (χ4v) is 5.57. The SMILES string of the molecule is Cc1cccc(C)c1OC(=O)CCN1C(=O)[C@H]2[C@@H]3C=C[C@H]([C@@H]4C[C@H]34)[C@@H]2C1=O. The van der Waals surface area contributed by atoms with Crippen LogP contribution in [0.2, 0.25) is 0 Å². The zero-order chi connectivity index (χ0) is 18.9. The second kappa shape index (κ2) is 5.78. The number of imide groups is 1. The first-order valence-electron chi connectivity index (χ1n) is 9.78. The molecule has 1 aromatic rings. The van der Waals surface area contributed by atoms with Crippen molar-refractivity contribution in [2.24, 2.45) is 35.5 Å². The van der Waals surface area contributed by atoms with Gasteiger partial charge in [-0.15, -0.1) is 0 Å². The summed E-state index contributed by atoms with van der Waals surface area (Å²) in [5.41, 5.74) is 1.79. The zero-order valence-corrected chi connectivity index (χ0v) is 15.6. The molecule has 5 aliphatic rings. The molecular formula is C22H23NO4. The van der Waals surface area contributed by atoms with E-state index in [0.29, 0.717) is 17.6 Å². The number of amides is 2. The standard InChI is InChI=1S/C22H23NO4/c1-11-4-3-5-12(2)20(11)27-17(24)8-9-23-21(25)18-13-6-7-14(16-10-15(13)16)19(18)22(23)26/h3-7,13-16,18-19H,8-10H2,1-2H3/t13-,14-,15-,16+,18+,19+/m1/s1. The van der Waals surface area contributed by atoms with Crippen molar-refractivity contribution in [2.75, 3.05) is 6.54 Å². The van der Waals surface area contributed by atoms with Crippen molar-refractivity contribution < 1.29 is 19.1 Å². The largest absolute Gasteiger partial charge is 0.426 e. The molecule has 0 spiro atoms. The summed E-state index contributed by atoms with van der Waals surface area (Å²) in [7, 11) is 0. The average Bonchev–Trinajstić information content (AvgIpc) is 3.42. The van der Waals surface area contributed by atoms with Gasteiger partial charge in [0.15, 0.2) is 0 Å². The van der Waals surface area contributed by atoms with Crippen LogP contribution >= 0.6 is 0 Å². The molecule has 0 aromatic heterocycles. The molecule has 4 aliphatic carbocycles. The highest BCUT2D eigenvalue weighted by Gasteiger charge is 2.66. The highest BCUT2D eigenvalue weighted by molar-refractivity contribution is 6.06. The molecule has 0 N–H and O–H groups in total. The van der Waals surface area contributed by atoms with E-state index in [1.807, 2.05) is 32.0 Å². The van der Waals surface area contributed by atoms with Gasteiger partial charge in [-0.1, -0.05) is 30.4 Å². The molecule has 6 rings (SSSR count). The van der Waals surface area contributed by atoms with E-state index in [-0.39, 0.29) is 48.5 Å². The number of nitrogens with zero attached hydrogens (tertiary/aromatic N) is 1. The Hall–Kier alpha value is -2.43. The third-order valence-electron chi connectivity index (χ3n) is 6.92. The van der Waals surface area contributed by atoms with Crippen molar-refractivity contribution in [1.29, 1.82) is 0 Å². The van der Waals surface area contributed by atoms with Crippen LogP contribution in [0, 0.1) is 49.4 Å². The lowest BCUT2D eigenvalue weighted by atomic mass is 9.63. The average molecular weight is 365 g/mol. The Bertz CT molecular complexity index is 832. The topological polar surface area (TPSA) is 63.7 Å². The molecule has 5 heteroatoms. The van der Waals surface area contributed by atoms with E-state index in [0.717, 1.165) is 17.5 Å². The molecule has 27 heavy (non-hydrogen) atoms. The van der Waals surface area contributed by atoms with E-state index >= 15 is 0 Å². The maximum atomic E-state index is 12.9. The van der Waals surface area contributed by atoms with Crippen LogP contribution in [0.4, 0.5) is 0 Å². The summed E-state index contributed by atoms with van der Waals surface area (Å²) in [6.07, 6.45) is 5.49. The number of hydrogen-bond acceptors (Lipinski definition) is 4. The molecule has 3 fully saturated rings. The Morgan fingerprint density at radius 3 is 2.15 bits per heavy atom. The van der Waals surface area contributed by atoms with Gasteiger partial charge in [-0.25, -0.2) is 0 Å². The van der Waals surface area contributed by atoms with E-state index in [4.69, 9.17) is 4.74 Å². The lowest BCUT2D eigenvalue weighted by Crippen LogP contribution is -2.40. The number of likely N-dealkylation sites (tertiary alicyclic amines) is 1. The highest BCUT2D eigenvalue weighted by Crippen LogP contribution is 2.65. The molecule has 2 amide bonds. The van der Waals surface area contributed by atoms with Crippen molar-refractivity contribution in [3.05, 3.63) is 41.5 Å². The smallest absolute Gasteiger partial charge is 0.313 e. The first-order chi connectivity index (χ1) is 13.0. The maximum Gasteiger partial charge on any atom is 0.313 e. The Morgan fingerprint density at radius 1 is 1.04 bits per heavy atom. The van der Waals surface area contributed by atoms with Crippen molar-refractivity contribution >= 4 is 17.8 Å². The quantitative estimate of drug-likeness (QED) is 0.356. The number of carbonyl (C=O) groups excluding carboxylic acids is 3. The van der Waals surface area contributed by atoms with E-state index in [1.54, 1.807) is 0 Å². The van der Waals surface area contributed by atoms with Crippen LogP contribution in [0.3, 0.4) is 0 Å². The number of carbonyl (C=O) groups is 3. The highest BCUT2D eigenvalue weighted by atomic mass is 16.5. The Labute approximate surface area is 158 Å². The molecule has 1 aromatic carbocycles. The van der Waals surface area contributed by atoms with Crippen molar-refractivity contribution in [1.82, 2.24) is 4.90 Å². The van der Waals surface area contributed by atoms with E-state index < -0.39 is 5.97 Å². The number of ether oxygens (including phenoxy) is 1. The molecule has 1 saturated heterocycles. The van der Waals surface area contributed by atoms with Gasteiger partial charge in [0.1, 0.15) is 5.75 Å². The minimum atomic E-state index is -0.410. The number of hydrogen-bond donors (Lipinski definition) is 0. The van der Waals surface area contributed by atoms with E-state index in [1.165, 1.54) is 4.90 Å². The summed E-state index contributed by atoms with van der Waals surface area (Å²) in [5.74, 6) is 1.19. The van der Waals surface area contributed by atoms with Crippen LogP contribution in [0.15, 0.2) is 30.4 Å². The number of allylic oxidation sites excluding steroid dienone is 2. The predicted molar refractivity (Wildman–Crippen MR) is 97.6 cm³/mol. The van der Waals surface area contributed by atoms with Gasteiger partial charge < -0.3 is 4.74 Å². The normalized spacial score (nSPS) is 35.3. The predicted octanol–water partition coefficient (Wildman–Crippen LogP) is 2.65. The molecule has 5 nitrogen and oxygen atoms in total. The molecule has 0 unspecified atom stereocenters. The molecule has 1 heterocycles. The number of esters is 1. The lowest BCUT2D eigenvalue weighted by Gasteiger charge is -2.37.